The van der Waals surface area contributed by atoms with Crippen molar-refractivity contribution >= 4 is 81.1 Å². The molecule has 0 N–H and O–H groups in total. The van der Waals surface area contributed by atoms with Crippen LogP contribution in [0.5, 0.6) is 0 Å². The minimum atomic E-state index is 1.10. The summed E-state index contributed by atoms with van der Waals surface area (Å²) in [6, 6.07) is 75.2. The fourth-order valence-electron chi connectivity index (χ4n) is 8.34. The predicted molar refractivity (Wildman–Crippen MR) is 237 cm³/mol. The van der Waals surface area contributed by atoms with E-state index < -0.39 is 0 Å². The van der Waals surface area contributed by atoms with Gasteiger partial charge in [-0.25, -0.2) is 0 Å². The maximum atomic E-state index is 2.42. The average molecular weight is 719 g/mol. The lowest BCUT2D eigenvalue weighted by molar-refractivity contribution is 1.17. The SMILES string of the molecule is c1ccc(-c2ccc(N(c3ccc(-c4ccc5cc6c(cc5c4)sc4ccccc46)cc3)c3cccc4c5ccccc5n(-c5ccccc5)c34)cc2)cc1. The topological polar surface area (TPSA) is 8.17 Å². The van der Waals surface area contributed by atoms with Gasteiger partial charge in [-0.2, -0.15) is 0 Å². The molecule has 0 radical (unpaired) electrons. The second kappa shape index (κ2) is 12.9. The van der Waals surface area contributed by atoms with Crippen LogP contribution in [0.1, 0.15) is 0 Å². The normalized spacial score (nSPS) is 11.6. The number of thiophene rings is 1. The second-order valence-electron chi connectivity index (χ2n) is 14.2. The molecule has 0 bridgehead atoms. The first kappa shape index (κ1) is 31.6. The van der Waals surface area contributed by atoms with Crippen LogP contribution in [0.4, 0.5) is 17.1 Å². The molecule has 11 rings (SSSR count). The van der Waals surface area contributed by atoms with Crippen LogP contribution in [0.15, 0.2) is 206 Å². The minimum absolute atomic E-state index is 1.10. The predicted octanol–water partition coefficient (Wildman–Crippen LogP) is 15.1. The van der Waals surface area contributed by atoms with Crippen LogP contribution in [-0.4, -0.2) is 4.57 Å². The van der Waals surface area contributed by atoms with E-state index in [0.29, 0.717) is 0 Å². The lowest BCUT2D eigenvalue weighted by atomic mass is 9.99. The van der Waals surface area contributed by atoms with Crippen molar-refractivity contribution in [2.75, 3.05) is 4.90 Å². The van der Waals surface area contributed by atoms with E-state index in [-0.39, 0.29) is 0 Å². The third kappa shape index (κ3) is 5.32. The highest BCUT2D eigenvalue weighted by Gasteiger charge is 2.21. The van der Waals surface area contributed by atoms with Crippen LogP contribution in [0.2, 0.25) is 0 Å². The number of rotatable bonds is 6. The summed E-state index contributed by atoms with van der Waals surface area (Å²) >= 11 is 1.87. The van der Waals surface area contributed by atoms with E-state index in [1.54, 1.807) is 0 Å². The Morgan fingerprint density at radius 1 is 0.364 bits per heavy atom. The van der Waals surface area contributed by atoms with Crippen molar-refractivity contribution in [3.8, 4) is 27.9 Å². The summed E-state index contributed by atoms with van der Waals surface area (Å²) in [5.41, 5.74) is 11.6. The highest BCUT2D eigenvalue weighted by Crippen LogP contribution is 2.44. The molecule has 2 heterocycles. The number of para-hydroxylation sites is 3. The van der Waals surface area contributed by atoms with Gasteiger partial charge in [-0.3, -0.25) is 0 Å². The van der Waals surface area contributed by atoms with Gasteiger partial charge in [0.05, 0.1) is 16.7 Å². The smallest absolute Gasteiger partial charge is 0.0782 e. The maximum Gasteiger partial charge on any atom is 0.0782 e. The van der Waals surface area contributed by atoms with Crippen LogP contribution in [-0.2, 0) is 0 Å². The third-order valence-corrected chi connectivity index (χ3v) is 12.1. The zero-order valence-corrected chi connectivity index (χ0v) is 30.7. The lowest BCUT2D eigenvalue weighted by Crippen LogP contribution is -2.11. The summed E-state index contributed by atoms with van der Waals surface area (Å²) < 4.78 is 5.09. The van der Waals surface area contributed by atoms with Crippen molar-refractivity contribution in [1.29, 1.82) is 0 Å². The summed E-state index contributed by atoms with van der Waals surface area (Å²) in [6.07, 6.45) is 0. The Labute approximate surface area is 323 Å². The molecule has 55 heavy (non-hydrogen) atoms. The van der Waals surface area contributed by atoms with E-state index in [9.17, 15) is 0 Å². The van der Waals surface area contributed by atoms with Crippen LogP contribution in [0.3, 0.4) is 0 Å². The molecule has 0 unspecified atom stereocenters. The number of benzene rings is 9. The number of hydrogen-bond donors (Lipinski definition) is 0. The molecule has 0 amide bonds. The van der Waals surface area contributed by atoms with E-state index in [0.717, 1.165) is 22.7 Å². The monoisotopic (exact) mass is 718 g/mol. The van der Waals surface area contributed by atoms with Crippen LogP contribution < -0.4 is 4.90 Å². The van der Waals surface area contributed by atoms with Gasteiger partial charge in [0.15, 0.2) is 0 Å². The molecule has 0 saturated heterocycles. The van der Waals surface area contributed by atoms with Gasteiger partial charge in [-0.15, -0.1) is 11.3 Å². The third-order valence-electron chi connectivity index (χ3n) is 11.0. The Bertz CT molecular complexity index is 3180. The average Bonchev–Trinajstić information content (AvgIpc) is 3.79. The van der Waals surface area contributed by atoms with Crippen molar-refractivity contribution in [3.05, 3.63) is 206 Å². The van der Waals surface area contributed by atoms with Gasteiger partial charge in [0.25, 0.3) is 0 Å². The molecule has 0 saturated carbocycles. The van der Waals surface area contributed by atoms with E-state index in [1.165, 1.54) is 75.0 Å². The quantitative estimate of drug-likeness (QED) is 0.166. The zero-order valence-electron chi connectivity index (χ0n) is 29.9. The number of nitrogens with zero attached hydrogens (tertiary/aromatic N) is 2. The minimum Gasteiger partial charge on any atom is -0.308 e. The Hall–Kier alpha value is -6.94. The second-order valence-corrected chi connectivity index (χ2v) is 15.2. The molecule has 0 fully saturated rings. The molecule has 0 aliphatic carbocycles. The van der Waals surface area contributed by atoms with E-state index in [1.807, 2.05) is 11.3 Å². The van der Waals surface area contributed by atoms with Crippen LogP contribution in [0.25, 0.3) is 80.7 Å². The number of fused-ring (bicyclic) bond motifs is 7. The number of aromatic nitrogens is 1. The van der Waals surface area contributed by atoms with Gasteiger partial charge in [-0.05, 0) is 106 Å². The first-order chi connectivity index (χ1) is 27.3. The summed E-state index contributed by atoms with van der Waals surface area (Å²) in [5.74, 6) is 0. The maximum absolute atomic E-state index is 2.42. The Morgan fingerprint density at radius 3 is 1.73 bits per heavy atom. The molecular weight excluding hydrogens is 685 g/mol. The zero-order chi connectivity index (χ0) is 36.3. The fourth-order valence-corrected chi connectivity index (χ4v) is 9.47. The van der Waals surface area contributed by atoms with E-state index >= 15 is 0 Å². The van der Waals surface area contributed by atoms with Gasteiger partial charge in [0.1, 0.15) is 0 Å². The molecule has 0 aliphatic heterocycles. The summed E-state index contributed by atoms with van der Waals surface area (Å²) in [5, 5.41) is 7.67. The van der Waals surface area contributed by atoms with Crippen molar-refractivity contribution in [1.82, 2.24) is 4.57 Å². The van der Waals surface area contributed by atoms with E-state index in [4.69, 9.17) is 0 Å². The summed E-state index contributed by atoms with van der Waals surface area (Å²) in [4.78, 5) is 2.41. The lowest BCUT2D eigenvalue weighted by Gasteiger charge is -2.27. The first-order valence-corrected chi connectivity index (χ1v) is 19.6. The largest absolute Gasteiger partial charge is 0.308 e. The molecule has 258 valence electrons. The Morgan fingerprint density at radius 2 is 0.964 bits per heavy atom. The Kier molecular flexibility index (Phi) is 7.39. The number of hydrogen-bond acceptors (Lipinski definition) is 2. The molecule has 11 aromatic rings. The van der Waals surface area contributed by atoms with Crippen molar-refractivity contribution in [2.45, 2.75) is 0 Å². The number of anilines is 3. The molecule has 9 aromatic carbocycles. The molecule has 0 spiro atoms. The Balaban J connectivity index is 1.07. The summed E-state index contributed by atoms with van der Waals surface area (Å²) in [6.45, 7) is 0. The molecule has 2 aromatic heterocycles. The van der Waals surface area contributed by atoms with Gasteiger partial charge >= 0.3 is 0 Å². The molecule has 0 atom stereocenters. The molecule has 0 aliphatic rings. The van der Waals surface area contributed by atoms with Gasteiger partial charge in [-0.1, -0.05) is 133 Å². The van der Waals surface area contributed by atoms with Crippen molar-refractivity contribution in [2.24, 2.45) is 0 Å². The standard InChI is InChI=1S/C52H34N2S/c1-3-12-35(13-4-1)36-24-28-42(29-25-36)53(49-20-11-18-46-44-16-7-9-19-48(44)54(52(46)49)41-14-5-2-6-15-41)43-30-26-37(27-31-43)38-22-23-39-33-47-45-17-8-10-21-50(45)55-51(47)34-40(39)32-38/h1-34H. The van der Waals surface area contributed by atoms with Crippen molar-refractivity contribution < 1.29 is 0 Å². The van der Waals surface area contributed by atoms with Gasteiger partial charge < -0.3 is 9.47 Å². The molecular formula is C52H34N2S. The van der Waals surface area contributed by atoms with E-state index in [2.05, 4.69) is 216 Å². The van der Waals surface area contributed by atoms with Gasteiger partial charge in [0, 0.05) is 48.0 Å². The molecule has 3 heteroatoms. The highest BCUT2D eigenvalue weighted by atomic mass is 32.1. The van der Waals surface area contributed by atoms with Crippen LogP contribution >= 0.6 is 11.3 Å². The first-order valence-electron chi connectivity index (χ1n) is 18.8. The van der Waals surface area contributed by atoms with Crippen LogP contribution in [0, 0.1) is 0 Å². The summed E-state index contributed by atoms with van der Waals surface area (Å²) in [7, 11) is 0. The fraction of sp³-hybridized carbons (Fsp3) is 0. The van der Waals surface area contributed by atoms with Gasteiger partial charge in [0.2, 0.25) is 0 Å². The molecule has 2 nitrogen and oxygen atoms in total. The van der Waals surface area contributed by atoms with Crippen molar-refractivity contribution in [3.63, 3.8) is 0 Å². The highest BCUT2D eigenvalue weighted by molar-refractivity contribution is 7.25.